The van der Waals surface area contributed by atoms with Crippen molar-refractivity contribution in [3.63, 3.8) is 0 Å². The summed E-state index contributed by atoms with van der Waals surface area (Å²) in [7, 11) is -4.39. The van der Waals surface area contributed by atoms with Crippen LogP contribution in [0.2, 0.25) is 0 Å². The molecular formula is C20H23F3N3O9P. The standard InChI is InChI=1S/C20H23F3N3O9P/c1-12-8-26(19(29)24-17(12)27)15-9-31-16(34-15)10-33-36(30,35-14-6-4-3-5-7-14)25-13(2)18(28)32-11-20(21,22)23/h3-8,13,15-16H,9-11H2,1-2H3,(H,25,30)(H,24,27,29)/t13-,15+,16+,36?/m0/s1. The Hall–Kier alpha value is -2.97. The topological polar surface area (TPSA) is 147 Å². The van der Waals surface area contributed by atoms with Gasteiger partial charge in [-0.15, -0.1) is 0 Å². The highest BCUT2D eigenvalue weighted by atomic mass is 31.2. The number of H-pyrrole nitrogens is 1. The minimum atomic E-state index is -4.74. The molecule has 1 aromatic heterocycles. The van der Waals surface area contributed by atoms with E-state index in [4.69, 9.17) is 18.5 Å². The van der Waals surface area contributed by atoms with Crippen molar-refractivity contribution in [2.24, 2.45) is 0 Å². The summed E-state index contributed by atoms with van der Waals surface area (Å²) in [4.78, 5) is 37.7. The molecule has 0 aliphatic carbocycles. The quantitative estimate of drug-likeness (QED) is 0.341. The van der Waals surface area contributed by atoms with Gasteiger partial charge in [0.25, 0.3) is 5.56 Å². The molecule has 0 radical (unpaired) electrons. The van der Waals surface area contributed by atoms with Crippen molar-refractivity contribution in [1.82, 2.24) is 14.6 Å². The lowest BCUT2D eigenvalue weighted by Gasteiger charge is -2.24. The van der Waals surface area contributed by atoms with E-state index in [1.54, 1.807) is 18.2 Å². The predicted octanol–water partition coefficient (Wildman–Crippen LogP) is 2.00. The van der Waals surface area contributed by atoms with Crippen LogP contribution in [0.15, 0.2) is 46.1 Å². The third kappa shape index (κ3) is 7.77. The molecular weight excluding hydrogens is 514 g/mol. The molecule has 4 atom stereocenters. The fourth-order valence-corrected chi connectivity index (χ4v) is 4.39. The second kappa shape index (κ2) is 11.4. The largest absolute Gasteiger partial charge is 0.459 e. The first-order chi connectivity index (χ1) is 16.8. The second-order valence-corrected chi connectivity index (χ2v) is 9.30. The molecule has 2 N–H and O–H groups in total. The van der Waals surface area contributed by atoms with Gasteiger partial charge in [0.15, 0.2) is 19.1 Å². The highest BCUT2D eigenvalue weighted by Gasteiger charge is 2.37. The summed E-state index contributed by atoms with van der Waals surface area (Å²) in [6.07, 6.45) is -5.52. The maximum absolute atomic E-state index is 13.4. The van der Waals surface area contributed by atoms with Crippen molar-refractivity contribution >= 4 is 13.7 Å². The lowest BCUT2D eigenvalue weighted by Crippen LogP contribution is -2.37. The van der Waals surface area contributed by atoms with Crippen LogP contribution in [-0.2, 0) is 28.1 Å². The smallest absolute Gasteiger partial charge is 0.455 e. The van der Waals surface area contributed by atoms with Gasteiger partial charge >= 0.3 is 25.6 Å². The van der Waals surface area contributed by atoms with E-state index in [0.29, 0.717) is 0 Å². The van der Waals surface area contributed by atoms with Gasteiger partial charge in [-0.3, -0.25) is 23.7 Å². The number of para-hydroxylation sites is 1. The highest BCUT2D eigenvalue weighted by molar-refractivity contribution is 7.52. The average molecular weight is 537 g/mol. The number of carbonyl (C=O) groups excluding carboxylic acids is 1. The van der Waals surface area contributed by atoms with E-state index in [2.05, 4.69) is 14.8 Å². The molecule has 198 valence electrons. The first-order valence-electron chi connectivity index (χ1n) is 10.4. The van der Waals surface area contributed by atoms with E-state index in [9.17, 15) is 32.1 Å². The maximum Gasteiger partial charge on any atom is 0.459 e. The van der Waals surface area contributed by atoms with Crippen molar-refractivity contribution in [1.29, 1.82) is 0 Å². The van der Waals surface area contributed by atoms with E-state index in [-0.39, 0.29) is 17.9 Å². The Morgan fingerprint density at radius 1 is 1.31 bits per heavy atom. The maximum atomic E-state index is 13.4. The van der Waals surface area contributed by atoms with Crippen LogP contribution in [0, 0.1) is 6.92 Å². The molecule has 2 heterocycles. The normalized spacial score (nSPS) is 20.5. The Labute approximate surface area is 201 Å². The van der Waals surface area contributed by atoms with Crippen LogP contribution in [0.25, 0.3) is 0 Å². The lowest BCUT2D eigenvalue weighted by molar-refractivity contribution is -0.187. The van der Waals surface area contributed by atoms with E-state index in [1.165, 1.54) is 25.3 Å². The predicted molar refractivity (Wildman–Crippen MR) is 116 cm³/mol. The number of alkyl halides is 3. The third-order valence-electron chi connectivity index (χ3n) is 4.62. The van der Waals surface area contributed by atoms with Gasteiger partial charge in [0.05, 0.1) is 6.61 Å². The summed E-state index contributed by atoms with van der Waals surface area (Å²) in [5.41, 5.74) is -1.02. The van der Waals surface area contributed by atoms with E-state index >= 15 is 0 Å². The number of aryl methyl sites for hydroxylation is 1. The fraction of sp³-hybridized carbons (Fsp3) is 0.450. The number of nitrogens with one attached hydrogen (secondary N) is 2. The fourth-order valence-electron chi connectivity index (χ4n) is 2.91. The van der Waals surface area contributed by atoms with Crippen LogP contribution in [-0.4, -0.2) is 53.8 Å². The van der Waals surface area contributed by atoms with Crippen molar-refractivity contribution in [2.75, 3.05) is 19.8 Å². The molecule has 36 heavy (non-hydrogen) atoms. The Kier molecular flexibility index (Phi) is 8.74. The number of aromatic nitrogens is 2. The number of aromatic amines is 1. The van der Waals surface area contributed by atoms with Crippen molar-refractivity contribution < 1.29 is 45.8 Å². The number of nitrogens with zero attached hydrogens (tertiary/aromatic N) is 1. The number of rotatable bonds is 10. The van der Waals surface area contributed by atoms with Crippen LogP contribution in [0.1, 0.15) is 18.7 Å². The number of hydrogen-bond donors (Lipinski definition) is 2. The van der Waals surface area contributed by atoms with Crippen LogP contribution < -0.4 is 20.9 Å². The van der Waals surface area contributed by atoms with Gasteiger partial charge in [-0.2, -0.15) is 18.3 Å². The Morgan fingerprint density at radius 2 is 2.00 bits per heavy atom. The Morgan fingerprint density at radius 3 is 2.67 bits per heavy atom. The monoisotopic (exact) mass is 537 g/mol. The van der Waals surface area contributed by atoms with E-state index in [1.807, 2.05) is 0 Å². The molecule has 1 unspecified atom stereocenters. The summed E-state index contributed by atoms with van der Waals surface area (Å²) in [5.74, 6) is -1.26. The van der Waals surface area contributed by atoms with Gasteiger partial charge in [-0.25, -0.2) is 9.36 Å². The number of ether oxygens (including phenoxy) is 3. The number of halogens is 3. The zero-order chi connectivity index (χ0) is 26.5. The summed E-state index contributed by atoms with van der Waals surface area (Å²) in [5, 5.41) is 2.23. The van der Waals surface area contributed by atoms with Gasteiger partial charge < -0.3 is 18.7 Å². The summed E-state index contributed by atoms with van der Waals surface area (Å²) in [6.45, 7) is 0.157. The van der Waals surface area contributed by atoms with E-state index < -0.39 is 62.9 Å². The van der Waals surface area contributed by atoms with E-state index in [0.717, 1.165) is 11.5 Å². The molecule has 0 spiro atoms. The van der Waals surface area contributed by atoms with Crippen molar-refractivity contribution in [3.05, 3.63) is 62.9 Å². The molecule has 1 aliphatic heterocycles. The molecule has 1 aromatic carbocycles. The molecule has 3 rings (SSSR count). The van der Waals surface area contributed by atoms with Crippen molar-refractivity contribution in [2.45, 2.75) is 38.6 Å². The summed E-state index contributed by atoms with van der Waals surface area (Å²) < 4.78 is 77.4. The van der Waals surface area contributed by atoms with Gasteiger partial charge in [-0.05, 0) is 26.0 Å². The van der Waals surface area contributed by atoms with Crippen LogP contribution in [0.5, 0.6) is 5.75 Å². The minimum absolute atomic E-state index is 0.0746. The van der Waals surface area contributed by atoms with Crippen LogP contribution in [0.4, 0.5) is 13.2 Å². The third-order valence-corrected chi connectivity index (χ3v) is 6.27. The molecule has 0 bridgehead atoms. The van der Waals surface area contributed by atoms with Crippen LogP contribution in [0.3, 0.4) is 0 Å². The summed E-state index contributed by atoms with van der Waals surface area (Å²) >= 11 is 0. The molecule has 12 nitrogen and oxygen atoms in total. The number of carbonyl (C=O) groups is 1. The lowest BCUT2D eigenvalue weighted by atomic mass is 10.3. The van der Waals surface area contributed by atoms with Crippen LogP contribution >= 0.6 is 7.75 Å². The summed E-state index contributed by atoms with van der Waals surface area (Å²) in [6, 6.07) is 6.16. The molecule has 1 saturated heterocycles. The van der Waals surface area contributed by atoms with Gasteiger partial charge in [-0.1, -0.05) is 18.2 Å². The Balaban J connectivity index is 1.67. The zero-order valence-electron chi connectivity index (χ0n) is 19.0. The van der Waals surface area contributed by atoms with Gasteiger partial charge in [0.2, 0.25) is 0 Å². The van der Waals surface area contributed by atoms with Gasteiger partial charge in [0, 0.05) is 11.8 Å². The zero-order valence-corrected chi connectivity index (χ0v) is 19.9. The molecule has 16 heteroatoms. The first kappa shape index (κ1) is 27.6. The molecule has 0 saturated carbocycles. The average Bonchev–Trinajstić information content (AvgIpc) is 3.27. The number of esters is 1. The SMILES string of the molecule is Cc1cn([C@H]2CO[C@@H](COP(=O)(N[C@@H](C)C(=O)OCC(F)(F)F)Oc3ccccc3)O2)c(=O)[nH]c1=O. The van der Waals surface area contributed by atoms with Gasteiger partial charge in [0.1, 0.15) is 18.4 Å². The second-order valence-electron chi connectivity index (χ2n) is 7.60. The first-order valence-corrected chi connectivity index (χ1v) is 12.0. The Bertz CT molecular complexity index is 1220. The van der Waals surface area contributed by atoms with Crippen molar-refractivity contribution in [3.8, 4) is 5.75 Å². The highest BCUT2D eigenvalue weighted by Crippen LogP contribution is 2.45. The molecule has 0 amide bonds. The number of hydrogen-bond acceptors (Lipinski definition) is 9. The number of benzene rings is 1. The molecule has 1 fully saturated rings. The molecule has 2 aromatic rings. The molecule has 1 aliphatic rings. The minimum Gasteiger partial charge on any atom is -0.455 e.